The molecule has 22 nitrogen and oxygen atoms in total. The van der Waals surface area contributed by atoms with Crippen molar-refractivity contribution in [2.75, 3.05) is 85.6 Å². The molecule has 0 heterocycles. The second kappa shape index (κ2) is 54.5. The molecule has 1 atom stereocenters. The number of rotatable bonds is 58. The summed E-state index contributed by atoms with van der Waals surface area (Å²) in [5.41, 5.74) is -3.12. The predicted molar refractivity (Wildman–Crippen MR) is 367 cm³/mol. The molecule has 0 aliphatic carbocycles. The van der Waals surface area contributed by atoms with E-state index in [4.69, 9.17) is 42.6 Å². The van der Waals surface area contributed by atoms with Crippen LogP contribution in [0.3, 0.4) is 0 Å². The first kappa shape index (κ1) is 85.5. The Hall–Kier alpha value is -7.54. The molecule has 0 aliphatic rings. The summed E-state index contributed by atoms with van der Waals surface area (Å²) >= 11 is -0.295. The van der Waals surface area contributed by atoms with Crippen molar-refractivity contribution in [1.82, 2.24) is 20.9 Å². The minimum absolute atomic E-state index is 0.0113. The zero-order chi connectivity index (χ0) is 71.0. The highest BCUT2D eigenvalue weighted by molar-refractivity contribution is 5.93. The van der Waals surface area contributed by atoms with Gasteiger partial charge in [0.25, 0.3) is 0 Å². The lowest BCUT2D eigenvalue weighted by molar-refractivity contribution is -0.597. The molecule has 2 aromatic rings. The summed E-state index contributed by atoms with van der Waals surface area (Å²) < 4.78 is 53.1. The topological polar surface area (TPSA) is 276 Å². The van der Waals surface area contributed by atoms with E-state index in [1.54, 1.807) is 0 Å². The van der Waals surface area contributed by atoms with Crippen molar-refractivity contribution < 1.29 is 107 Å². The van der Waals surface area contributed by atoms with Gasteiger partial charge in [0.1, 0.15) is 58.1 Å². The van der Waals surface area contributed by atoms with Crippen LogP contribution in [0.15, 0.2) is 118 Å². The van der Waals surface area contributed by atoms with Crippen molar-refractivity contribution >= 4 is 54.0 Å². The number of unbranched alkanes of at least 4 members (excludes halogenated alkanes) is 19. The molecule has 0 saturated heterocycles. The number of amides is 5. The maximum Gasteiger partial charge on any atom is 0.407 e. The molecule has 5 amide bonds. The monoisotopic (exact) mass is 1470 g/mol. The Balaban J connectivity index is 1.95. The van der Waals surface area contributed by atoms with E-state index in [0.29, 0.717) is 71.0 Å². The number of hydrogen-bond donors (Lipinski definition) is 3. The van der Waals surface area contributed by atoms with Gasteiger partial charge in [-0.05, 0) is 81.3 Å². The lowest BCUT2D eigenvalue weighted by atomic mass is 9.90. The third-order valence-electron chi connectivity index (χ3n) is 15.4. The molecule has 2 aromatic carbocycles. The summed E-state index contributed by atoms with van der Waals surface area (Å²) in [6.45, 7) is 19.0. The Kier molecular flexibility index (Phi) is 48.0. The number of esters is 6. The highest BCUT2D eigenvalue weighted by atomic mass is 127. The number of nitrogens with zero attached hydrogens (tertiary/aromatic N) is 1. The number of hydrogen-bond acceptors (Lipinski definition) is 18. The number of halogens is 1. The van der Waals surface area contributed by atoms with Crippen LogP contribution in [-0.2, 0) is 66.7 Å². The summed E-state index contributed by atoms with van der Waals surface area (Å²) in [5, 5.41) is 8.72. The van der Waals surface area contributed by atoms with Gasteiger partial charge in [0.05, 0.1) is 24.0 Å². The Labute approximate surface area is 586 Å². The van der Waals surface area contributed by atoms with Crippen molar-refractivity contribution in [3.05, 3.63) is 125 Å². The van der Waals surface area contributed by atoms with E-state index < -0.39 is 124 Å². The van der Waals surface area contributed by atoms with E-state index in [1.807, 2.05) is 18.2 Å². The fourth-order valence-corrected chi connectivity index (χ4v) is 11.8. The first-order chi connectivity index (χ1) is 47.0. The van der Waals surface area contributed by atoms with E-state index in [9.17, 15) is 43.2 Å². The van der Waals surface area contributed by atoms with Gasteiger partial charge >= 0.3 is 75.2 Å². The van der Waals surface area contributed by atoms with Gasteiger partial charge in [0.15, 0.2) is 7.14 Å². The summed E-state index contributed by atoms with van der Waals surface area (Å²) in [5.74, 6) is -4.16. The molecule has 0 bridgehead atoms. The third-order valence-corrected chi connectivity index (χ3v) is 18.0. The van der Waals surface area contributed by atoms with Crippen LogP contribution in [0.5, 0.6) is 5.75 Å². The molecule has 2 rings (SSSR count). The van der Waals surface area contributed by atoms with Gasteiger partial charge in [-0.3, -0.25) is 4.79 Å². The van der Waals surface area contributed by atoms with Gasteiger partial charge < -0.3 is 58.6 Å². The van der Waals surface area contributed by atoms with Crippen LogP contribution in [0, 0.1) is 18.0 Å². The van der Waals surface area contributed by atoms with Crippen LogP contribution in [0.2, 0.25) is 0 Å². The summed E-state index contributed by atoms with van der Waals surface area (Å²) in [7, 11) is 0. The van der Waals surface area contributed by atoms with E-state index in [2.05, 4.69) is 99.1 Å². The molecule has 0 aromatic heterocycles. The van der Waals surface area contributed by atoms with Gasteiger partial charge in [-0.1, -0.05) is 174 Å². The van der Waals surface area contributed by atoms with Gasteiger partial charge in [-0.15, -0.1) is 0 Å². The molecule has 1 unspecified atom stereocenters. The molecular weight excluding hydrogens is 1360 g/mol. The smallest absolute Gasteiger partial charge is 0.407 e. The van der Waals surface area contributed by atoms with E-state index in [1.165, 1.54) is 57.0 Å². The Morgan fingerprint density at radius 1 is 0.443 bits per heavy atom. The van der Waals surface area contributed by atoms with Gasteiger partial charge in [0.2, 0.25) is 0 Å². The molecule has 23 heteroatoms. The number of alkyl carbamates (subject to hydrolysis) is 1. The summed E-state index contributed by atoms with van der Waals surface area (Å²) in [6.07, 6.45) is 26.1. The molecule has 0 radical (unpaired) electrons. The van der Waals surface area contributed by atoms with Gasteiger partial charge in [-0.25, -0.2) is 43.3 Å². The standard InChI is InChI=1S/C74H109IN4O18/c1-8-15-17-19-20-21-22-23-25-33-41-63(51-90-62-45-43-61(44-46-62)75-60-39-31-30-32-40-60)97-72(88)78-49-37-28-29-38-50-79(70(86)76-47-35-18-16-9-2)71(87)77-48-36-27-24-26-34-42-69(85)96-59-74(57-94-67(83)13-6,58-95-68(84)14-7)53-89-52-73(54-91-64(80)10-3,55-92-65(81)11-4)56-93-66(82)12-5/h10-14,30-32,39-40,43-46,63H,3-9,15-29,33-38,41-42,47-59H2,1-2H3,(H2-,76,77,78,86,87,88)/p+1. The number of carbonyl (C=O) groups excluding carboxylic acids is 9. The average Bonchev–Trinajstić information content (AvgIpc) is 0.924. The second-order valence-electron chi connectivity index (χ2n) is 23.9. The summed E-state index contributed by atoms with van der Waals surface area (Å²) in [4.78, 5) is 116. The zero-order valence-corrected chi connectivity index (χ0v) is 59.9. The molecule has 540 valence electrons. The lowest BCUT2D eigenvalue weighted by Gasteiger charge is -2.35. The number of carbonyl (C=O) groups is 9. The molecule has 0 saturated carbocycles. The minimum Gasteiger partial charge on any atom is -0.490 e. The molecule has 0 fully saturated rings. The lowest BCUT2D eigenvalue weighted by Crippen LogP contribution is -3.61. The van der Waals surface area contributed by atoms with Crippen LogP contribution < -0.4 is 41.9 Å². The second-order valence-corrected chi connectivity index (χ2v) is 26.9. The quantitative estimate of drug-likeness (QED) is 0.0183. The van der Waals surface area contributed by atoms with E-state index in [-0.39, 0.29) is 40.8 Å². The summed E-state index contributed by atoms with van der Waals surface area (Å²) in [6, 6.07) is 17.7. The normalized spacial score (nSPS) is 11.3. The number of imide groups is 1. The zero-order valence-electron chi connectivity index (χ0n) is 57.7. The number of nitrogens with one attached hydrogen (secondary N) is 3. The van der Waals surface area contributed by atoms with Crippen LogP contribution in [0.4, 0.5) is 14.4 Å². The predicted octanol–water partition coefficient (Wildman–Crippen LogP) is 9.98. The molecule has 0 spiro atoms. The first-order valence-electron chi connectivity index (χ1n) is 34.4. The van der Waals surface area contributed by atoms with Crippen LogP contribution in [0.1, 0.15) is 174 Å². The Morgan fingerprint density at radius 3 is 1.28 bits per heavy atom. The average molecular weight is 1470 g/mol. The maximum atomic E-state index is 13.5. The molecular formula is C74H110IN4O18+. The maximum absolute atomic E-state index is 13.5. The number of benzene rings is 2. The molecule has 3 N–H and O–H groups in total. The van der Waals surface area contributed by atoms with Crippen molar-refractivity contribution in [1.29, 1.82) is 0 Å². The van der Waals surface area contributed by atoms with Crippen molar-refractivity contribution in [2.45, 2.75) is 180 Å². The van der Waals surface area contributed by atoms with Crippen molar-refractivity contribution in [3.8, 4) is 5.75 Å². The van der Waals surface area contributed by atoms with Crippen molar-refractivity contribution in [3.63, 3.8) is 0 Å². The SMILES string of the molecule is C=CC(=O)OCC(COCC(COC(=O)C=C)(COC(=O)C=C)COC(=O)CCCCCCCNC(=O)N(CCCCCCNC(=O)OC(CCCCCCCCCCCC)COc1ccc([I+]c2ccccc2)cc1)C(=O)NCCCCCC)(COC(=O)C=C)COC(=O)C=C. The number of ether oxygens (including phenoxy) is 9. The minimum atomic E-state index is -1.56. The Morgan fingerprint density at radius 2 is 0.825 bits per heavy atom. The van der Waals surface area contributed by atoms with E-state index in [0.717, 1.165) is 93.9 Å². The fourth-order valence-electron chi connectivity index (χ4n) is 9.61. The van der Waals surface area contributed by atoms with Crippen LogP contribution in [-0.4, -0.2) is 151 Å². The van der Waals surface area contributed by atoms with Gasteiger partial charge in [-0.2, -0.15) is 0 Å². The number of urea groups is 2. The van der Waals surface area contributed by atoms with Crippen molar-refractivity contribution in [2.24, 2.45) is 10.8 Å². The molecule has 0 aliphatic heterocycles. The van der Waals surface area contributed by atoms with Gasteiger partial charge in [0, 0.05) is 63.0 Å². The highest BCUT2D eigenvalue weighted by Gasteiger charge is 2.41. The van der Waals surface area contributed by atoms with Crippen LogP contribution >= 0.6 is 0 Å². The fraction of sp³-hybridized carbons (Fsp3) is 0.581. The first-order valence-corrected chi connectivity index (χ1v) is 36.5. The van der Waals surface area contributed by atoms with Crippen LogP contribution in [0.25, 0.3) is 0 Å². The highest BCUT2D eigenvalue weighted by Crippen LogP contribution is 2.27. The third kappa shape index (κ3) is 42.0. The molecule has 97 heavy (non-hydrogen) atoms. The largest absolute Gasteiger partial charge is 0.490 e. The van der Waals surface area contributed by atoms with E-state index >= 15 is 0 Å². The Bertz CT molecular complexity index is 2570.